The van der Waals surface area contributed by atoms with Gasteiger partial charge in [-0.15, -0.1) is 0 Å². The predicted molar refractivity (Wildman–Crippen MR) is 37.5 cm³/mol. The van der Waals surface area contributed by atoms with Gasteiger partial charge in [0, 0.05) is 13.2 Å². The third-order valence-electron chi connectivity index (χ3n) is 1.71. The highest BCUT2D eigenvalue weighted by atomic mass is 16.5. The third-order valence-corrected chi connectivity index (χ3v) is 1.71. The van der Waals surface area contributed by atoms with E-state index in [2.05, 4.69) is 12.2 Å². The molecule has 1 aliphatic heterocycles. The lowest BCUT2D eigenvalue weighted by Crippen LogP contribution is -2.22. The molecular weight excluding hydrogens is 114 g/mol. The number of hydrogen-bond donors (Lipinski definition) is 1. The lowest BCUT2D eigenvalue weighted by molar-refractivity contribution is 0.185. The van der Waals surface area contributed by atoms with Crippen LogP contribution < -0.4 is 5.32 Å². The lowest BCUT2D eigenvalue weighted by Gasteiger charge is -2.05. The highest BCUT2D eigenvalue weighted by Gasteiger charge is 2.13. The molecule has 1 rings (SSSR count). The fraction of sp³-hybridized carbons (Fsp3) is 1.00. The van der Waals surface area contributed by atoms with Crippen LogP contribution in [0.3, 0.4) is 0 Å². The Bertz CT molecular complexity index is 69.3. The van der Waals surface area contributed by atoms with Crippen LogP contribution >= 0.6 is 0 Å². The SMILES string of the molecule is CCNCC1CCOC1. The highest BCUT2D eigenvalue weighted by Crippen LogP contribution is 2.09. The normalized spacial score (nSPS) is 27.0. The molecule has 0 spiro atoms. The molecule has 1 heterocycles. The quantitative estimate of drug-likeness (QED) is 0.603. The Kier molecular flexibility index (Phi) is 3.01. The van der Waals surface area contributed by atoms with Crippen LogP contribution in [0, 0.1) is 5.92 Å². The number of hydrogen-bond acceptors (Lipinski definition) is 2. The van der Waals surface area contributed by atoms with Gasteiger partial charge in [0.2, 0.25) is 0 Å². The van der Waals surface area contributed by atoms with E-state index in [0.717, 1.165) is 32.2 Å². The van der Waals surface area contributed by atoms with E-state index in [1.165, 1.54) is 6.42 Å². The first-order valence-electron chi connectivity index (χ1n) is 3.72. The summed E-state index contributed by atoms with van der Waals surface area (Å²) in [6.07, 6.45) is 1.24. The standard InChI is InChI=1S/C7H15NO/c1-2-8-5-7-3-4-9-6-7/h7-8H,2-6H2,1H3. The number of nitrogens with one attached hydrogen (secondary N) is 1. The van der Waals surface area contributed by atoms with E-state index in [0.29, 0.717) is 0 Å². The summed E-state index contributed by atoms with van der Waals surface area (Å²) >= 11 is 0. The van der Waals surface area contributed by atoms with Gasteiger partial charge in [0.15, 0.2) is 0 Å². The summed E-state index contributed by atoms with van der Waals surface area (Å²) in [7, 11) is 0. The molecule has 54 valence electrons. The van der Waals surface area contributed by atoms with Crippen molar-refractivity contribution < 1.29 is 4.74 Å². The predicted octanol–water partition coefficient (Wildman–Crippen LogP) is 0.632. The largest absolute Gasteiger partial charge is 0.381 e. The Labute approximate surface area is 56.6 Å². The van der Waals surface area contributed by atoms with E-state index in [1.807, 2.05) is 0 Å². The molecule has 2 nitrogen and oxygen atoms in total. The number of rotatable bonds is 3. The molecular formula is C7H15NO. The first-order chi connectivity index (χ1) is 4.43. The summed E-state index contributed by atoms with van der Waals surface area (Å²) in [6.45, 7) is 6.28. The zero-order chi connectivity index (χ0) is 6.53. The van der Waals surface area contributed by atoms with Crippen LogP contribution in [0.5, 0.6) is 0 Å². The van der Waals surface area contributed by atoms with E-state index in [-0.39, 0.29) is 0 Å². The average Bonchev–Trinajstić information content (AvgIpc) is 2.34. The smallest absolute Gasteiger partial charge is 0.0507 e. The zero-order valence-corrected chi connectivity index (χ0v) is 6.02. The second kappa shape index (κ2) is 3.85. The van der Waals surface area contributed by atoms with Crippen LogP contribution in [0.4, 0.5) is 0 Å². The second-order valence-electron chi connectivity index (χ2n) is 2.54. The summed E-state index contributed by atoms with van der Waals surface area (Å²) in [5, 5.41) is 3.31. The van der Waals surface area contributed by atoms with Gasteiger partial charge in [-0.1, -0.05) is 6.92 Å². The minimum atomic E-state index is 0.782. The van der Waals surface area contributed by atoms with Gasteiger partial charge >= 0.3 is 0 Å². The number of ether oxygens (including phenoxy) is 1. The van der Waals surface area contributed by atoms with Crippen molar-refractivity contribution in [1.82, 2.24) is 5.32 Å². The van der Waals surface area contributed by atoms with E-state index < -0.39 is 0 Å². The van der Waals surface area contributed by atoms with Crippen molar-refractivity contribution in [2.24, 2.45) is 5.92 Å². The topological polar surface area (TPSA) is 21.3 Å². The molecule has 0 aromatic heterocycles. The van der Waals surface area contributed by atoms with Crippen molar-refractivity contribution in [2.75, 3.05) is 26.3 Å². The summed E-state index contributed by atoms with van der Waals surface area (Å²) in [6, 6.07) is 0. The molecule has 0 bridgehead atoms. The van der Waals surface area contributed by atoms with Gasteiger partial charge in [0.1, 0.15) is 0 Å². The Morgan fingerprint density at radius 1 is 1.67 bits per heavy atom. The van der Waals surface area contributed by atoms with Crippen molar-refractivity contribution in [3.8, 4) is 0 Å². The second-order valence-corrected chi connectivity index (χ2v) is 2.54. The van der Waals surface area contributed by atoms with Crippen LogP contribution in [0.2, 0.25) is 0 Å². The fourth-order valence-corrected chi connectivity index (χ4v) is 1.09. The minimum Gasteiger partial charge on any atom is -0.381 e. The Morgan fingerprint density at radius 3 is 3.11 bits per heavy atom. The van der Waals surface area contributed by atoms with Gasteiger partial charge in [-0.25, -0.2) is 0 Å². The third kappa shape index (κ3) is 2.33. The van der Waals surface area contributed by atoms with Crippen molar-refractivity contribution in [3.05, 3.63) is 0 Å². The van der Waals surface area contributed by atoms with Crippen molar-refractivity contribution in [3.63, 3.8) is 0 Å². The van der Waals surface area contributed by atoms with E-state index in [9.17, 15) is 0 Å². The van der Waals surface area contributed by atoms with Crippen LogP contribution in [-0.4, -0.2) is 26.3 Å². The van der Waals surface area contributed by atoms with Crippen molar-refractivity contribution in [1.29, 1.82) is 0 Å². The summed E-state index contributed by atoms with van der Waals surface area (Å²) in [5.41, 5.74) is 0. The molecule has 1 N–H and O–H groups in total. The Morgan fingerprint density at radius 2 is 2.56 bits per heavy atom. The van der Waals surface area contributed by atoms with Crippen molar-refractivity contribution in [2.45, 2.75) is 13.3 Å². The van der Waals surface area contributed by atoms with Gasteiger partial charge in [-0.3, -0.25) is 0 Å². The molecule has 0 radical (unpaired) electrons. The van der Waals surface area contributed by atoms with E-state index in [4.69, 9.17) is 4.74 Å². The zero-order valence-electron chi connectivity index (χ0n) is 6.02. The van der Waals surface area contributed by atoms with Crippen LogP contribution in [0.15, 0.2) is 0 Å². The average molecular weight is 129 g/mol. The van der Waals surface area contributed by atoms with Gasteiger partial charge < -0.3 is 10.1 Å². The van der Waals surface area contributed by atoms with Crippen LogP contribution in [-0.2, 0) is 4.74 Å². The molecule has 0 saturated carbocycles. The Hall–Kier alpha value is -0.0800. The van der Waals surface area contributed by atoms with E-state index in [1.54, 1.807) is 0 Å². The van der Waals surface area contributed by atoms with Crippen LogP contribution in [0.1, 0.15) is 13.3 Å². The molecule has 1 atom stereocenters. The lowest BCUT2D eigenvalue weighted by atomic mass is 10.1. The first kappa shape index (κ1) is 7.03. The molecule has 1 aliphatic rings. The molecule has 9 heavy (non-hydrogen) atoms. The van der Waals surface area contributed by atoms with E-state index >= 15 is 0 Å². The molecule has 0 amide bonds. The van der Waals surface area contributed by atoms with Crippen molar-refractivity contribution >= 4 is 0 Å². The summed E-state index contributed by atoms with van der Waals surface area (Å²) < 4.78 is 5.21. The maximum Gasteiger partial charge on any atom is 0.0507 e. The maximum absolute atomic E-state index is 5.21. The monoisotopic (exact) mass is 129 g/mol. The van der Waals surface area contributed by atoms with Gasteiger partial charge in [-0.05, 0) is 18.9 Å². The molecule has 2 heteroatoms. The van der Waals surface area contributed by atoms with Gasteiger partial charge in [0.25, 0.3) is 0 Å². The molecule has 1 unspecified atom stereocenters. The minimum absolute atomic E-state index is 0.782. The molecule has 1 saturated heterocycles. The first-order valence-corrected chi connectivity index (χ1v) is 3.72. The maximum atomic E-state index is 5.21. The fourth-order valence-electron chi connectivity index (χ4n) is 1.09. The van der Waals surface area contributed by atoms with Gasteiger partial charge in [-0.2, -0.15) is 0 Å². The summed E-state index contributed by atoms with van der Waals surface area (Å²) in [5.74, 6) is 0.782. The molecule has 0 aliphatic carbocycles. The highest BCUT2D eigenvalue weighted by molar-refractivity contribution is 4.65. The van der Waals surface area contributed by atoms with Crippen LogP contribution in [0.25, 0.3) is 0 Å². The Balaban J connectivity index is 1.98. The van der Waals surface area contributed by atoms with Gasteiger partial charge in [0.05, 0.1) is 6.61 Å². The summed E-state index contributed by atoms with van der Waals surface area (Å²) in [4.78, 5) is 0. The molecule has 0 aromatic carbocycles. The molecule has 0 aromatic rings. The molecule has 1 fully saturated rings.